The SMILES string of the molecule is CCC(O)(CO)C(C)(C)C. The molecule has 1 unspecified atom stereocenters. The summed E-state index contributed by atoms with van der Waals surface area (Å²) >= 11 is 0. The highest BCUT2D eigenvalue weighted by atomic mass is 16.3. The smallest absolute Gasteiger partial charge is 0.0922 e. The fourth-order valence-electron chi connectivity index (χ4n) is 0.879. The summed E-state index contributed by atoms with van der Waals surface area (Å²) in [5.41, 5.74) is -1.16. The lowest BCUT2D eigenvalue weighted by Gasteiger charge is -2.37. The first-order chi connectivity index (χ1) is 4.37. The first kappa shape index (κ1) is 9.92. The number of rotatable bonds is 2. The normalized spacial score (nSPS) is 18.6. The van der Waals surface area contributed by atoms with E-state index in [0.717, 1.165) is 0 Å². The van der Waals surface area contributed by atoms with Crippen LogP contribution in [-0.4, -0.2) is 22.4 Å². The third kappa shape index (κ3) is 1.70. The van der Waals surface area contributed by atoms with Crippen molar-refractivity contribution in [3.05, 3.63) is 0 Å². The Hall–Kier alpha value is -0.0800. The number of aliphatic hydroxyl groups is 2. The van der Waals surface area contributed by atoms with Crippen LogP contribution in [-0.2, 0) is 0 Å². The molecule has 10 heavy (non-hydrogen) atoms. The molecular weight excluding hydrogens is 128 g/mol. The van der Waals surface area contributed by atoms with E-state index in [0.29, 0.717) is 6.42 Å². The zero-order chi connectivity index (χ0) is 8.41. The zero-order valence-electron chi connectivity index (χ0n) is 7.31. The molecule has 0 aromatic rings. The van der Waals surface area contributed by atoms with Gasteiger partial charge in [0.05, 0.1) is 12.2 Å². The van der Waals surface area contributed by atoms with Crippen LogP contribution in [0.25, 0.3) is 0 Å². The average Bonchev–Trinajstić information content (AvgIpc) is 1.84. The molecule has 2 N–H and O–H groups in total. The molecule has 62 valence electrons. The van der Waals surface area contributed by atoms with Crippen LogP contribution in [0.3, 0.4) is 0 Å². The first-order valence-electron chi connectivity index (χ1n) is 3.70. The predicted molar refractivity (Wildman–Crippen MR) is 41.8 cm³/mol. The van der Waals surface area contributed by atoms with E-state index in [4.69, 9.17) is 5.11 Å². The molecule has 0 saturated carbocycles. The second-order valence-corrected chi connectivity index (χ2v) is 3.79. The fourth-order valence-corrected chi connectivity index (χ4v) is 0.879. The van der Waals surface area contributed by atoms with Gasteiger partial charge in [-0.05, 0) is 11.8 Å². The van der Waals surface area contributed by atoms with Crippen molar-refractivity contribution in [1.29, 1.82) is 0 Å². The topological polar surface area (TPSA) is 40.5 Å². The Morgan fingerprint density at radius 3 is 1.60 bits per heavy atom. The third-order valence-electron chi connectivity index (χ3n) is 2.24. The van der Waals surface area contributed by atoms with Gasteiger partial charge in [0.25, 0.3) is 0 Å². The minimum absolute atomic E-state index is 0.160. The molecule has 0 aliphatic heterocycles. The molecule has 2 nitrogen and oxygen atoms in total. The van der Waals surface area contributed by atoms with E-state index in [-0.39, 0.29) is 12.0 Å². The van der Waals surface area contributed by atoms with Gasteiger partial charge in [0, 0.05) is 0 Å². The Bertz CT molecular complexity index is 98.3. The molecular formula is C8H18O2. The largest absolute Gasteiger partial charge is 0.393 e. The molecule has 1 atom stereocenters. The summed E-state index contributed by atoms with van der Waals surface area (Å²) in [6, 6.07) is 0. The highest BCUT2D eigenvalue weighted by Crippen LogP contribution is 2.32. The number of hydrogen-bond acceptors (Lipinski definition) is 2. The molecule has 0 spiro atoms. The summed E-state index contributed by atoms with van der Waals surface area (Å²) in [7, 11) is 0. The van der Waals surface area contributed by atoms with Crippen molar-refractivity contribution < 1.29 is 10.2 Å². The summed E-state index contributed by atoms with van der Waals surface area (Å²) in [4.78, 5) is 0. The van der Waals surface area contributed by atoms with Crippen LogP contribution in [0.1, 0.15) is 34.1 Å². The van der Waals surface area contributed by atoms with Gasteiger partial charge in [-0.15, -0.1) is 0 Å². The second-order valence-electron chi connectivity index (χ2n) is 3.79. The van der Waals surface area contributed by atoms with E-state index < -0.39 is 5.60 Å². The molecule has 0 aromatic carbocycles. The maximum absolute atomic E-state index is 9.72. The number of hydrogen-bond donors (Lipinski definition) is 2. The van der Waals surface area contributed by atoms with Crippen molar-refractivity contribution in [3.63, 3.8) is 0 Å². The van der Waals surface area contributed by atoms with Crippen molar-refractivity contribution in [3.8, 4) is 0 Å². The maximum Gasteiger partial charge on any atom is 0.0922 e. The summed E-state index contributed by atoms with van der Waals surface area (Å²) in [5.74, 6) is 0. The van der Waals surface area contributed by atoms with E-state index in [1.807, 2.05) is 27.7 Å². The fraction of sp³-hybridized carbons (Fsp3) is 1.00. The Balaban J connectivity index is 4.33. The maximum atomic E-state index is 9.72. The van der Waals surface area contributed by atoms with Crippen molar-refractivity contribution in [2.75, 3.05) is 6.61 Å². The van der Waals surface area contributed by atoms with Crippen LogP contribution in [0.5, 0.6) is 0 Å². The van der Waals surface area contributed by atoms with Gasteiger partial charge in [0.1, 0.15) is 0 Å². The van der Waals surface area contributed by atoms with Crippen molar-refractivity contribution in [2.45, 2.75) is 39.7 Å². The lowest BCUT2D eigenvalue weighted by atomic mass is 9.75. The van der Waals surface area contributed by atoms with Gasteiger partial charge in [0.2, 0.25) is 0 Å². The van der Waals surface area contributed by atoms with E-state index in [1.165, 1.54) is 0 Å². The summed E-state index contributed by atoms with van der Waals surface area (Å²) in [6.45, 7) is 7.49. The minimum Gasteiger partial charge on any atom is -0.393 e. The number of aliphatic hydroxyl groups excluding tert-OH is 1. The predicted octanol–water partition coefficient (Wildman–Crippen LogP) is 1.17. The van der Waals surface area contributed by atoms with Gasteiger partial charge < -0.3 is 10.2 Å². The van der Waals surface area contributed by atoms with Gasteiger partial charge in [0.15, 0.2) is 0 Å². The highest BCUT2D eigenvalue weighted by Gasteiger charge is 2.37. The summed E-state index contributed by atoms with van der Waals surface area (Å²) in [5, 5.41) is 18.6. The molecule has 0 aliphatic carbocycles. The van der Waals surface area contributed by atoms with Crippen LogP contribution in [0.2, 0.25) is 0 Å². The van der Waals surface area contributed by atoms with Crippen LogP contribution < -0.4 is 0 Å². The van der Waals surface area contributed by atoms with Crippen molar-refractivity contribution in [2.24, 2.45) is 5.41 Å². The van der Waals surface area contributed by atoms with E-state index in [9.17, 15) is 5.11 Å². The van der Waals surface area contributed by atoms with E-state index in [2.05, 4.69) is 0 Å². The quantitative estimate of drug-likeness (QED) is 0.614. The zero-order valence-corrected chi connectivity index (χ0v) is 7.31. The molecule has 0 rings (SSSR count). The van der Waals surface area contributed by atoms with Gasteiger partial charge in [-0.1, -0.05) is 27.7 Å². The molecule has 0 amide bonds. The molecule has 0 aromatic heterocycles. The van der Waals surface area contributed by atoms with E-state index >= 15 is 0 Å². The molecule has 0 bridgehead atoms. The van der Waals surface area contributed by atoms with Crippen LogP contribution in [0, 0.1) is 5.41 Å². The lowest BCUT2D eigenvalue weighted by molar-refractivity contribution is -0.0968. The monoisotopic (exact) mass is 146 g/mol. The van der Waals surface area contributed by atoms with Gasteiger partial charge in [-0.25, -0.2) is 0 Å². The molecule has 0 fully saturated rings. The third-order valence-corrected chi connectivity index (χ3v) is 2.24. The average molecular weight is 146 g/mol. The Labute approximate surface area is 62.9 Å². The lowest BCUT2D eigenvalue weighted by Crippen LogP contribution is -2.45. The molecule has 0 radical (unpaired) electrons. The van der Waals surface area contributed by atoms with Gasteiger partial charge in [-0.3, -0.25) is 0 Å². The highest BCUT2D eigenvalue weighted by molar-refractivity contribution is 4.88. The van der Waals surface area contributed by atoms with Crippen molar-refractivity contribution >= 4 is 0 Å². The Morgan fingerprint density at radius 2 is 1.60 bits per heavy atom. The standard InChI is InChI=1S/C8H18O2/c1-5-8(10,6-9)7(2,3)4/h9-10H,5-6H2,1-4H3. The van der Waals surface area contributed by atoms with Crippen molar-refractivity contribution in [1.82, 2.24) is 0 Å². The van der Waals surface area contributed by atoms with Crippen LogP contribution in [0.15, 0.2) is 0 Å². The minimum atomic E-state index is -0.924. The van der Waals surface area contributed by atoms with Gasteiger partial charge >= 0.3 is 0 Å². The Morgan fingerprint density at radius 1 is 1.20 bits per heavy atom. The van der Waals surface area contributed by atoms with Gasteiger partial charge in [-0.2, -0.15) is 0 Å². The van der Waals surface area contributed by atoms with E-state index in [1.54, 1.807) is 0 Å². The second kappa shape index (κ2) is 2.89. The summed E-state index contributed by atoms with van der Waals surface area (Å²) in [6.07, 6.45) is 0.590. The first-order valence-corrected chi connectivity index (χ1v) is 3.70. The Kier molecular flexibility index (Phi) is 2.86. The molecule has 0 aliphatic rings. The molecule has 0 saturated heterocycles. The van der Waals surface area contributed by atoms with Crippen LogP contribution in [0.4, 0.5) is 0 Å². The molecule has 0 heterocycles. The molecule has 2 heteroatoms. The summed E-state index contributed by atoms with van der Waals surface area (Å²) < 4.78 is 0. The van der Waals surface area contributed by atoms with Crippen LogP contribution >= 0.6 is 0 Å².